The number of ether oxygens (including phenoxy) is 2. The van der Waals surface area contributed by atoms with E-state index < -0.39 is 6.09 Å². The van der Waals surface area contributed by atoms with E-state index in [9.17, 15) is 19.5 Å². The Labute approximate surface area is 219 Å². The molecule has 10 nitrogen and oxygen atoms in total. The fraction of sp³-hybridized carbons (Fsp3) is 0.423. The number of hydrogen-bond acceptors (Lipinski definition) is 8. The quantitative estimate of drug-likeness (QED) is 0.502. The van der Waals surface area contributed by atoms with Crippen LogP contribution in [0.15, 0.2) is 41.6 Å². The number of hydrogen-bond donors (Lipinski definition) is 1. The highest BCUT2D eigenvalue weighted by Crippen LogP contribution is 2.34. The van der Waals surface area contributed by atoms with E-state index in [1.165, 1.54) is 16.1 Å². The van der Waals surface area contributed by atoms with Crippen LogP contribution in [0.4, 0.5) is 9.59 Å². The largest absolute Gasteiger partial charge is 0.474 e. The number of carbonyl (C=O) groups is 3. The van der Waals surface area contributed by atoms with Crippen molar-refractivity contribution in [3.05, 3.63) is 47.1 Å². The molecule has 2 unspecified atom stereocenters. The molecule has 2 saturated heterocycles. The standard InChI is InChI=1S/C26H30N4O6S/c1-5-29-23(31)19(37-25(29)34)12-16-6-8-17(9-7-16)35-21-14-22(28-15-27-21)36-18-10-11-30(24(32)33)20(13-18)26(2,3)4/h6-9,12,14-15,18,20H,5,10-11,13H2,1-4H3,(H,32,33)/b19-12-. The number of rotatable bonds is 6. The molecule has 1 aromatic carbocycles. The number of piperidine rings is 1. The first kappa shape index (κ1) is 26.5. The first-order valence-electron chi connectivity index (χ1n) is 12.1. The van der Waals surface area contributed by atoms with Gasteiger partial charge in [0.15, 0.2) is 0 Å². The van der Waals surface area contributed by atoms with E-state index in [4.69, 9.17) is 9.47 Å². The van der Waals surface area contributed by atoms with Gasteiger partial charge in [-0.05, 0) is 47.9 Å². The Morgan fingerprint density at radius 1 is 1.19 bits per heavy atom. The van der Waals surface area contributed by atoms with Gasteiger partial charge in [0.05, 0.1) is 11.0 Å². The average molecular weight is 527 g/mol. The molecule has 2 aromatic rings. The number of likely N-dealkylation sites (N-methyl/N-ethyl adjacent to an activating group) is 1. The Hall–Kier alpha value is -3.60. The van der Waals surface area contributed by atoms with E-state index >= 15 is 0 Å². The van der Waals surface area contributed by atoms with Crippen molar-refractivity contribution in [3.8, 4) is 17.5 Å². The molecule has 3 amide bonds. The Kier molecular flexibility index (Phi) is 7.72. The summed E-state index contributed by atoms with van der Waals surface area (Å²) in [5.74, 6) is 0.909. The zero-order valence-electron chi connectivity index (χ0n) is 21.2. The SMILES string of the molecule is CCN1C(=O)S/C(=C\c2ccc(Oc3cc(OC4CCN(C(=O)O)C(C(C)(C)C)C4)ncn3)cc2)C1=O. The van der Waals surface area contributed by atoms with Gasteiger partial charge in [-0.15, -0.1) is 0 Å². The lowest BCUT2D eigenvalue weighted by Crippen LogP contribution is -2.53. The summed E-state index contributed by atoms with van der Waals surface area (Å²) in [6.45, 7) is 8.58. The minimum atomic E-state index is -0.914. The van der Waals surface area contributed by atoms with Crippen molar-refractivity contribution < 1.29 is 29.0 Å². The van der Waals surface area contributed by atoms with Crippen LogP contribution in [-0.2, 0) is 4.79 Å². The summed E-state index contributed by atoms with van der Waals surface area (Å²) in [6.07, 6.45) is 3.08. The third-order valence-electron chi connectivity index (χ3n) is 6.29. The molecule has 2 fully saturated rings. The lowest BCUT2D eigenvalue weighted by Gasteiger charge is -2.44. The van der Waals surface area contributed by atoms with Gasteiger partial charge < -0.3 is 19.5 Å². The lowest BCUT2D eigenvalue weighted by molar-refractivity contribution is -0.122. The van der Waals surface area contributed by atoms with Crippen molar-refractivity contribution in [1.82, 2.24) is 19.8 Å². The van der Waals surface area contributed by atoms with E-state index in [2.05, 4.69) is 9.97 Å². The van der Waals surface area contributed by atoms with Gasteiger partial charge in [-0.25, -0.2) is 14.8 Å². The molecule has 0 aliphatic carbocycles. The summed E-state index contributed by atoms with van der Waals surface area (Å²) in [6, 6.07) is 8.50. The second-order valence-electron chi connectivity index (χ2n) is 9.91. The van der Waals surface area contributed by atoms with Crippen LogP contribution >= 0.6 is 11.8 Å². The maximum Gasteiger partial charge on any atom is 0.407 e. The molecule has 196 valence electrons. The molecule has 0 spiro atoms. The molecule has 0 saturated carbocycles. The van der Waals surface area contributed by atoms with Crippen molar-refractivity contribution in [1.29, 1.82) is 0 Å². The second-order valence-corrected chi connectivity index (χ2v) is 10.9. The lowest BCUT2D eigenvalue weighted by atomic mass is 9.80. The number of aromatic nitrogens is 2. The molecule has 0 bridgehead atoms. The highest BCUT2D eigenvalue weighted by molar-refractivity contribution is 8.18. The Morgan fingerprint density at radius 3 is 2.51 bits per heavy atom. The third kappa shape index (κ3) is 6.22. The molecule has 37 heavy (non-hydrogen) atoms. The summed E-state index contributed by atoms with van der Waals surface area (Å²) in [5, 5.41) is 9.31. The van der Waals surface area contributed by atoms with Crippen LogP contribution in [0.3, 0.4) is 0 Å². The van der Waals surface area contributed by atoms with Crippen molar-refractivity contribution >= 4 is 35.1 Å². The summed E-state index contributed by atoms with van der Waals surface area (Å²) >= 11 is 0.931. The zero-order valence-corrected chi connectivity index (χ0v) is 22.0. The van der Waals surface area contributed by atoms with E-state index in [1.807, 2.05) is 20.8 Å². The molecule has 2 atom stereocenters. The first-order chi connectivity index (χ1) is 17.5. The Morgan fingerprint density at radius 2 is 1.89 bits per heavy atom. The molecular formula is C26H30N4O6S. The van der Waals surface area contributed by atoms with Gasteiger partial charge in [-0.1, -0.05) is 32.9 Å². The van der Waals surface area contributed by atoms with E-state index in [1.54, 1.807) is 43.3 Å². The predicted octanol–water partition coefficient (Wildman–Crippen LogP) is 5.26. The highest BCUT2D eigenvalue weighted by atomic mass is 32.2. The van der Waals surface area contributed by atoms with Gasteiger partial charge in [0.25, 0.3) is 11.1 Å². The number of benzene rings is 1. The van der Waals surface area contributed by atoms with Gasteiger partial charge in [0, 0.05) is 32.0 Å². The molecule has 0 radical (unpaired) electrons. The van der Waals surface area contributed by atoms with Gasteiger partial charge in [0.2, 0.25) is 11.8 Å². The van der Waals surface area contributed by atoms with Crippen molar-refractivity contribution in [2.24, 2.45) is 5.41 Å². The smallest absolute Gasteiger partial charge is 0.407 e. The van der Waals surface area contributed by atoms with Gasteiger partial charge in [0.1, 0.15) is 18.2 Å². The molecule has 1 aromatic heterocycles. The maximum absolute atomic E-state index is 12.3. The summed E-state index contributed by atoms with van der Waals surface area (Å²) in [7, 11) is 0. The number of amides is 3. The van der Waals surface area contributed by atoms with Crippen LogP contribution < -0.4 is 9.47 Å². The number of nitrogens with zero attached hydrogens (tertiary/aromatic N) is 4. The highest BCUT2D eigenvalue weighted by Gasteiger charge is 2.39. The Balaban J connectivity index is 1.40. The van der Waals surface area contributed by atoms with Crippen molar-refractivity contribution in [2.45, 2.75) is 52.7 Å². The molecule has 3 heterocycles. The van der Waals surface area contributed by atoms with E-state index in [0.29, 0.717) is 48.3 Å². The second kappa shape index (κ2) is 10.8. The van der Waals surface area contributed by atoms with Crippen LogP contribution in [0, 0.1) is 5.41 Å². The Bertz CT molecular complexity index is 1210. The van der Waals surface area contributed by atoms with E-state index in [0.717, 1.165) is 17.3 Å². The topological polar surface area (TPSA) is 122 Å². The maximum atomic E-state index is 12.3. The molecule has 2 aliphatic heterocycles. The monoisotopic (exact) mass is 526 g/mol. The third-order valence-corrected chi connectivity index (χ3v) is 7.20. The fourth-order valence-electron chi connectivity index (χ4n) is 4.38. The number of carboxylic acid groups (broad SMARTS) is 1. The van der Waals surface area contributed by atoms with Crippen molar-refractivity contribution in [3.63, 3.8) is 0 Å². The van der Waals surface area contributed by atoms with Gasteiger partial charge >= 0.3 is 6.09 Å². The predicted molar refractivity (Wildman–Crippen MR) is 139 cm³/mol. The minimum Gasteiger partial charge on any atom is -0.474 e. The number of imide groups is 1. The number of likely N-dealkylation sites (tertiary alicyclic amines) is 1. The van der Waals surface area contributed by atoms with Crippen LogP contribution in [0.1, 0.15) is 46.1 Å². The van der Waals surface area contributed by atoms with Crippen LogP contribution in [0.25, 0.3) is 6.08 Å². The van der Waals surface area contributed by atoms with Crippen LogP contribution in [-0.4, -0.2) is 67.3 Å². The molecule has 1 N–H and O–H groups in total. The molecular weight excluding hydrogens is 496 g/mol. The van der Waals surface area contributed by atoms with Crippen LogP contribution in [0.2, 0.25) is 0 Å². The molecule has 2 aliphatic rings. The summed E-state index contributed by atoms with van der Waals surface area (Å²) < 4.78 is 12.0. The summed E-state index contributed by atoms with van der Waals surface area (Å²) in [5.41, 5.74) is 0.540. The molecule has 4 rings (SSSR count). The fourth-order valence-corrected chi connectivity index (χ4v) is 5.28. The molecule has 11 heteroatoms. The van der Waals surface area contributed by atoms with Gasteiger partial charge in [-0.3, -0.25) is 14.5 Å². The summed E-state index contributed by atoms with van der Waals surface area (Å²) in [4.78, 5) is 47.3. The minimum absolute atomic E-state index is 0.170. The van der Waals surface area contributed by atoms with Gasteiger partial charge in [-0.2, -0.15) is 0 Å². The number of carbonyl (C=O) groups excluding carboxylic acids is 2. The normalized spacial score (nSPS) is 21.5. The zero-order chi connectivity index (χ0) is 26.7. The van der Waals surface area contributed by atoms with E-state index in [-0.39, 0.29) is 28.7 Å². The first-order valence-corrected chi connectivity index (χ1v) is 12.9. The van der Waals surface area contributed by atoms with Crippen LogP contribution in [0.5, 0.6) is 17.5 Å². The van der Waals surface area contributed by atoms with Crippen molar-refractivity contribution in [2.75, 3.05) is 13.1 Å². The number of thioether (sulfide) groups is 1. The average Bonchev–Trinajstić information content (AvgIpc) is 3.11.